The average Bonchev–Trinajstić information content (AvgIpc) is 3.33. The zero-order valence-corrected chi connectivity index (χ0v) is 21.7. The Hall–Kier alpha value is 0.520. The van der Waals surface area contributed by atoms with Crippen molar-refractivity contribution in [2.75, 3.05) is 41.3 Å². The van der Waals surface area contributed by atoms with Crippen molar-refractivity contribution in [3.63, 3.8) is 0 Å². The summed E-state index contributed by atoms with van der Waals surface area (Å²) in [6.07, 6.45) is 0. The fourth-order valence-corrected chi connectivity index (χ4v) is 11.8. The molecule has 0 saturated carbocycles. The van der Waals surface area contributed by atoms with E-state index in [2.05, 4.69) is 13.2 Å². The number of esters is 2. The molecule has 0 aromatic heterocycles. The molecule has 0 aliphatic carbocycles. The van der Waals surface area contributed by atoms with Gasteiger partial charge in [0.05, 0.1) is 9.16 Å². The number of hydrogen-bond acceptors (Lipinski definition) is 10. The molecule has 0 spiro atoms. The Kier molecular flexibility index (Phi) is 12.3. The third-order valence-corrected chi connectivity index (χ3v) is 13.6. The van der Waals surface area contributed by atoms with Crippen molar-refractivity contribution in [2.45, 2.75) is 33.5 Å². The highest BCUT2D eigenvalue weighted by Gasteiger charge is 2.28. The molecule has 164 valence electrons. The van der Waals surface area contributed by atoms with Gasteiger partial charge < -0.3 is 9.47 Å². The maximum atomic E-state index is 11.5. The van der Waals surface area contributed by atoms with Crippen LogP contribution in [0.4, 0.5) is 0 Å². The minimum absolute atomic E-state index is 0.288. The van der Waals surface area contributed by atoms with Crippen LogP contribution in [0.1, 0.15) is 13.8 Å². The van der Waals surface area contributed by atoms with Gasteiger partial charge in [0, 0.05) is 49.7 Å². The van der Waals surface area contributed by atoms with Gasteiger partial charge in [-0.25, -0.2) is 9.59 Å². The normalized spacial score (nSPS) is 26.3. The highest BCUT2D eigenvalue weighted by atomic mass is 32.2. The molecular formula is C19H28O4S6. The molecule has 0 radical (unpaired) electrons. The summed E-state index contributed by atoms with van der Waals surface area (Å²) < 4.78 is 11.7. The first-order valence-electron chi connectivity index (χ1n) is 9.20. The summed E-state index contributed by atoms with van der Waals surface area (Å²) in [6, 6.07) is 0. The number of carbonyl (C=O) groups is 2. The Morgan fingerprint density at radius 3 is 1.66 bits per heavy atom. The van der Waals surface area contributed by atoms with Crippen LogP contribution in [0.3, 0.4) is 0 Å². The van der Waals surface area contributed by atoms with Crippen LogP contribution in [0.5, 0.6) is 0 Å². The van der Waals surface area contributed by atoms with Crippen molar-refractivity contribution in [1.29, 1.82) is 0 Å². The SMILES string of the molecule is C=C(C)C(=O)OCC1CSC(CSCSCC2SCC(COC(=O)C(=C)C)S2)S1. The van der Waals surface area contributed by atoms with Gasteiger partial charge in [0.2, 0.25) is 0 Å². The summed E-state index contributed by atoms with van der Waals surface area (Å²) in [5.74, 6) is 3.75. The Labute approximate surface area is 199 Å². The second-order valence-electron chi connectivity index (χ2n) is 6.66. The van der Waals surface area contributed by atoms with E-state index < -0.39 is 0 Å². The van der Waals surface area contributed by atoms with Gasteiger partial charge in [0.25, 0.3) is 0 Å². The Morgan fingerprint density at radius 2 is 1.28 bits per heavy atom. The standard InChI is InChI=1S/C19H28O4S6/c1-12(2)18(20)22-5-14-7-26-16(28-14)9-24-11-25-10-17-27-8-15(29-17)6-23-19(21)13(3)4/h14-17H,1,3,5-11H2,2,4H3. The molecule has 4 unspecified atom stereocenters. The molecule has 2 aliphatic rings. The Balaban J connectivity index is 1.47. The van der Waals surface area contributed by atoms with E-state index in [1.54, 1.807) is 13.8 Å². The second kappa shape index (κ2) is 13.8. The van der Waals surface area contributed by atoms with E-state index in [1.807, 2.05) is 70.6 Å². The van der Waals surface area contributed by atoms with Gasteiger partial charge in [-0.1, -0.05) is 13.2 Å². The van der Waals surface area contributed by atoms with Gasteiger partial charge in [0.15, 0.2) is 0 Å². The summed E-state index contributed by atoms with van der Waals surface area (Å²) >= 11 is 11.8. The fourth-order valence-electron chi connectivity index (χ4n) is 2.30. The van der Waals surface area contributed by atoms with Crippen LogP contribution in [0.25, 0.3) is 0 Å². The van der Waals surface area contributed by atoms with Crippen LogP contribution in [0, 0.1) is 0 Å². The van der Waals surface area contributed by atoms with E-state index in [9.17, 15) is 9.59 Å². The third-order valence-electron chi connectivity index (χ3n) is 3.80. The van der Waals surface area contributed by atoms with E-state index in [0.717, 1.165) is 28.1 Å². The van der Waals surface area contributed by atoms with Gasteiger partial charge in [0.1, 0.15) is 13.2 Å². The third kappa shape index (κ3) is 10.1. The van der Waals surface area contributed by atoms with Crippen molar-refractivity contribution < 1.29 is 19.1 Å². The lowest BCUT2D eigenvalue weighted by Crippen LogP contribution is -2.16. The van der Waals surface area contributed by atoms with Gasteiger partial charge in [-0.3, -0.25) is 0 Å². The maximum absolute atomic E-state index is 11.5. The molecule has 29 heavy (non-hydrogen) atoms. The van der Waals surface area contributed by atoms with E-state index in [-0.39, 0.29) is 11.9 Å². The molecule has 4 atom stereocenters. The van der Waals surface area contributed by atoms with E-state index in [1.165, 1.54) is 0 Å². The summed E-state index contributed by atoms with van der Waals surface area (Å²) in [5, 5.41) is 1.88. The molecule has 0 aromatic rings. The molecule has 0 amide bonds. The highest BCUT2D eigenvalue weighted by molar-refractivity contribution is 8.23. The monoisotopic (exact) mass is 512 g/mol. The average molecular weight is 513 g/mol. The zero-order chi connectivity index (χ0) is 21.2. The molecular weight excluding hydrogens is 485 g/mol. The van der Waals surface area contributed by atoms with Crippen LogP contribution in [0.15, 0.2) is 24.3 Å². The molecule has 2 fully saturated rings. The van der Waals surface area contributed by atoms with Gasteiger partial charge in [-0.05, 0) is 13.8 Å². The molecule has 2 saturated heterocycles. The van der Waals surface area contributed by atoms with Crippen LogP contribution < -0.4 is 0 Å². The predicted molar refractivity (Wildman–Crippen MR) is 137 cm³/mol. The van der Waals surface area contributed by atoms with Crippen LogP contribution in [0.2, 0.25) is 0 Å². The molecule has 4 nitrogen and oxygen atoms in total. The van der Waals surface area contributed by atoms with Gasteiger partial charge in [-0.15, -0.1) is 70.6 Å². The topological polar surface area (TPSA) is 52.6 Å². The lowest BCUT2D eigenvalue weighted by Gasteiger charge is -2.12. The number of hydrogen-bond donors (Lipinski definition) is 0. The fraction of sp³-hybridized carbons (Fsp3) is 0.684. The van der Waals surface area contributed by atoms with Gasteiger partial charge in [-0.2, -0.15) is 0 Å². The van der Waals surface area contributed by atoms with Crippen molar-refractivity contribution in [3.8, 4) is 0 Å². The van der Waals surface area contributed by atoms with Crippen LogP contribution >= 0.6 is 70.6 Å². The van der Waals surface area contributed by atoms with Crippen molar-refractivity contribution in [1.82, 2.24) is 0 Å². The van der Waals surface area contributed by atoms with Crippen LogP contribution in [-0.4, -0.2) is 72.9 Å². The van der Waals surface area contributed by atoms with E-state index >= 15 is 0 Å². The maximum Gasteiger partial charge on any atom is 0.333 e. The molecule has 2 aliphatic heterocycles. The predicted octanol–water partition coefficient (Wildman–Crippen LogP) is 5.00. The number of rotatable bonds is 12. The molecule has 10 heteroatoms. The second-order valence-corrected chi connectivity index (χ2v) is 15.2. The first kappa shape index (κ1) is 25.8. The lowest BCUT2D eigenvalue weighted by molar-refractivity contribution is -0.139. The Bertz CT molecular complexity index is 549. The number of carbonyl (C=O) groups excluding carboxylic acids is 2. The van der Waals surface area contributed by atoms with Gasteiger partial charge >= 0.3 is 11.9 Å². The molecule has 2 heterocycles. The molecule has 0 aromatic carbocycles. The summed E-state index contributed by atoms with van der Waals surface area (Å²) in [6.45, 7) is 11.5. The summed E-state index contributed by atoms with van der Waals surface area (Å²) in [7, 11) is 0. The summed E-state index contributed by atoms with van der Waals surface area (Å²) in [5.41, 5.74) is 0.921. The van der Waals surface area contributed by atoms with E-state index in [4.69, 9.17) is 9.47 Å². The number of thioether (sulfide) groups is 6. The van der Waals surface area contributed by atoms with Crippen molar-refractivity contribution in [3.05, 3.63) is 24.3 Å². The zero-order valence-electron chi connectivity index (χ0n) is 16.8. The minimum Gasteiger partial charge on any atom is -0.461 e. The Morgan fingerprint density at radius 1 is 0.862 bits per heavy atom. The summed E-state index contributed by atoms with van der Waals surface area (Å²) in [4.78, 5) is 22.9. The molecule has 0 bridgehead atoms. The molecule has 2 rings (SSSR count). The number of ether oxygens (including phenoxy) is 2. The highest BCUT2D eigenvalue weighted by Crippen LogP contribution is 2.42. The first-order chi connectivity index (χ1) is 13.8. The molecule has 0 N–H and O–H groups in total. The van der Waals surface area contributed by atoms with E-state index in [0.29, 0.717) is 44.0 Å². The largest absolute Gasteiger partial charge is 0.461 e. The minimum atomic E-state index is -0.288. The quantitative estimate of drug-likeness (QED) is 0.155. The van der Waals surface area contributed by atoms with Crippen molar-refractivity contribution >= 4 is 82.5 Å². The first-order valence-corrected chi connectivity index (χ1v) is 15.5. The van der Waals surface area contributed by atoms with Crippen LogP contribution in [-0.2, 0) is 19.1 Å². The lowest BCUT2D eigenvalue weighted by atomic mass is 10.4. The van der Waals surface area contributed by atoms with Crippen molar-refractivity contribution in [2.24, 2.45) is 0 Å². The smallest absolute Gasteiger partial charge is 0.333 e.